The third kappa shape index (κ3) is 4.00. The SMILES string of the molecule is C=CC(C)NC(=O)/C=C/c1ccc(N)cc1. The summed E-state index contributed by atoms with van der Waals surface area (Å²) >= 11 is 0. The Morgan fingerprint density at radius 2 is 2.06 bits per heavy atom. The first kappa shape index (κ1) is 12.0. The van der Waals surface area contributed by atoms with Gasteiger partial charge in [-0.05, 0) is 30.7 Å². The molecule has 0 aliphatic heterocycles. The molecular formula is C13H16N2O. The van der Waals surface area contributed by atoms with Crippen LogP contribution in [0.1, 0.15) is 12.5 Å². The van der Waals surface area contributed by atoms with Gasteiger partial charge in [0.15, 0.2) is 0 Å². The number of hydrogen-bond donors (Lipinski definition) is 2. The number of anilines is 1. The van der Waals surface area contributed by atoms with E-state index in [9.17, 15) is 4.79 Å². The largest absolute Gasteiger partial charge is 0.399 e. The molecule has 3 N–H and O–H groups in total. The zero-order valence-electron chi connectivity index (χ0n) is 9.31. The maximum Gasteiger partial charge on any atom is 0.244 e. The number of nitrogens with two attached hydrogens (primary N) is 1. The molecule has 0 spiro atoms. The Kier molecular flexibility index (Phi) is 4.33. The Morgan fingerprint density at radius 3 is 2.62 bits per heavy atom. The van der Waals surface area contributed by atoms with Gasteiger partial charge in [0.25, 0.3) is 0 Å². The predicted molar refractivity (Wildman–Crippen MR) is 67.7 cm³/mol. The lowest BCUT2D eigenvalue weighted by atomic mass is 10.2. The van der Waals surface area contributed by atoms with Gasteiger partial charge in [-0.25, -0.2) is 0 Å². The molecule has 1 unspecified atom stereocenters. The Hall–Kier alpha value is -2.03. The van der Waals surface area contributed by atoms with Crippen molar-refractivity contribution in [3.63, 3.8) is 0 Å². The quantitative estimate of drug-likeness (QED) is 0.459. The molecule has 0 aromatic heterocycles. The van der Waals surface area contributed by atoms with Crippen LogP contribution in [-0.2, 0) is 4.79 Å². The molecule has 1 aromatic carbocycles. The van der Waals surface area contributed by atoms with Crippen molar-refractivity contribution in [1.82, 2.24) is 5.32 Å². The van der Waals surface area contributed by atoms with Gasteiger partial charge in [-0.3, -0.25) is 4.79 Å². The molecule has 1 rings (SSSR count). The molecule has 0 bridgehead atoms. The lowest BCUT2D eigenvalue weighted by molar-refractivity contribution is -0.116. The zero-order chi connectivity index (χ0) is 12.0. The number of hydrogen-bond acceptors (Lipinski definition) is 2. The third-order valence-corrected chi connectivity index (χ3v) is 2.09. The summed E-state index contributed by atoms with van der Waals surface area (Å²) < 4.78 is 0. The normalized spacial score (nSPS) is 12.3. The van der Waals surface area contributed by atoms with E-state index >= 15 is 0 Å². The minimum atomic E-state index is -0.135. The summed E-state index contributed by atoms with van der Waals surface area (Å²) in [5, 5.41) is 2.74. The molecule has 1 amide bonds. The maximum atomic E-state index is 11.4. The van der Waals surface area contributed by atoms with E-state index in [0.29, 0.717) is 5.69 Å². The summed E-state index contributed by atoms with van der Waals surface area (Å²) in [6.45, 7) is 5.45. The molecule has 0 radical (unpaired) electrons. The minimum absolute atomic E-state index is 0.0245. The van der Waals surface area contributed by atoms with Crippen LogP contribution < -0.4 is 11.1 Å². The standard InChI is InChI=1S/C13H16N2O/c1-3-10(2)15-13(16)9-6-11-4-7-12(14)8-5-11/h3-10H,1,14H2,2H3,(H,15,16)/b9-6+. The predicted octanol–water partition coefficient (Wildman–Crippen LogP) is 1.97. The molecule has 0 aliphatic carbocycles. The van der Waals surface area contributed by atoms with Crippen LogP contribution in [0, 0.1) is 0 Å². The zero-order valence-corrected chi connectivity index (χ0v) is 9.31. The molecule has 1 atom stereocenters. The average Bonchev–Trinajstić information content (AvgIpc) is 2.28. The lowest BCUT2D eigenvalue weighted by Gasteiger charge is -2.05. The molecule has 84 valence electrons. The number of carbonyl (C=O) groups is 1. The average molecular weight is 216 g/mol. The number of rotatable bonds is 4. The van der Waals surface area contributed by atoms with Gasteiger partial charge in [0.05, 0.1) is 0 Å². The smallest absolute Gasteiger partial charge is 0.244 e. The highest BCUT2D eigenvalue weighted by molar-refractivity contribution is 5.92. The molecule has 1 aromatic rings. The molecule has 0 heterocycles. The highest BCUT2D eigenvalue weighted by Gasteiger charge is 1.98. The van der Waals surface area contributed by atoms with E-state index in [1.54, 1.807) is 24.3 Å². The maximum absolute atomic E-state index is 11.4. The molecule has 16 heavy (non-hydrogen) atoms. The van der Waals surface area contributed by atoms with E-state index in [1.807, 2.05) is 19.1 Å². The number of amides is 1. The van der Waals surface area contributed by atoms with Gasteiger partial charge in [0, 0.05) is 17.8 Å². The molecule has 3 nitrogen and oxygen atoms in total. The van der Waals surface area contributed by atoms with Crippen LogP contribution >= 0.6 is 0 Å². The first-order valence-electron chi connectivity index (χ1n) is 5.08. The van der Waals surface area contributed by atoms with E-state index in [0.717, 1.165) is 5.56 Å². The number of nitrogen functional groups attached to an aromatic ring is 1. The fourth-order valence-electron chi connectivity index (χ4n) is 1.11. The van der Waals surface area contributed by atoms with E-state index in [-0.39, 0.29) is 11.9 Å². The molecule has 0 saturated heterocycles. The lowest BCUT2D eigenvalue weighted by Crippen LogP contribution is -2.29. The monoisotopic (exact) mass is 216 g/mol. The minimum Gasteiger partial charge on any atom is -0.399 e. The summed E-state index contributed by atoms with van der Waals surface area (Å²) in [5.41, 5.74) is 7.20. The van der Waals surface area contributed by atoms with E-state index in [4.69, 9.17) is 5.73 Å². The molecule has 3 heteroatoms. The van der Waals surface area contributed by atoms with Crippen molar-refractivity contribution in [2.45, 2.75) is 13.0 Å². The van der Waals surface area contributed by atoms with Gasteiger partial charge in [-0.1, -0.05) is 18.2 Å². The summed E-state index contributed by atoms with van der Waals surface area (Å²) in [6.07, 6.45) is 4.91. The Morgan fingerprint density at radius 1 is 1.44 bits per heavy atom. The molecule has 0 aliphatic rings. The van der Waals surface area contributed by atoms with E-state index in [1.165, 1.54) is 6.08 Å². The van der Waals surface area contributed by atoms with Gasteiger partial charge >= 0.3 is 0 Å². The number of carbonyl (C=O) groups excluding carboxylic acids is 1. The van der Waals surface area contributed by atoms with Crippen molar-refractivity contribution in [3.05, 3.63) is 48.6 Å². The van der Waals surface area contributed by atoms with Crippen LogP contribution in [-0.4, -0.2) is 11.9 Å². The summed E-state index contributed by atoms with van der Waals surface area (Å²) in [4.78, 5) is 11.4. The Labute approximate surface area is 95.7 Å². The fraction of sp³-hybridized carbons (Fsp3) is 0.154. The van der Waals surface area contributed by atoms with Crippen molar-refractivity contribution in [1.29, 1.82) is 0 Å². The van der Waals surface area contributed by atoms with Gasteiger partial charge < -0.3 is 11.1 Å². The number of nitrogens with one attached hydrogen (secondary N) is 1. The van der Waals surface area contributed by atoms with Crippen LogP contribution in [0.5, 0.6) is 0 Å². The van der Waals surface area contributed by atoms with Gasteiger partial charge in [-0.15, -0.1) is 6.58 Å². The molecular weight excluding hydrogens is 200 g/mol. The van der Waals surface area contributed by atoms with Crippen LogP contribution in [0.2, 0.25) is 0 Å². The summed E-state index contributed by atoms with van der Waals surface area (Å²) in [5.74, 6) is -0.135. The van der Waals surface area contributed by atoms with Crippen molar-refractivity contribution < 1.29 is 4.79 Å². The van der Waals surface area contributed by atoms with Crippen molar-refractivity contribution in [2.24, 2.45) is 0 Å². The highest BCUT2D eigenvalue weighted by Crippen LogP contribution is 2.06. The highest BCUT2D eigenvalue weighted by atomic mass is 16.1. The van der Waals surface area contributed by atoms with Crippen LogP contribution in [0.25, 0.3) is 6.08 Å². The second-order valence-electron chi connectivity index (χ2n) is 3.53. The summed E-state index contributed by atoms with van der Waals surface area (Å²) in [7, 11) is 0. The number of benzene rings is 1. The molecule has 0 saturated carbocycles. The molecule has 0 fully saturated rings. The van der Waals surface area contributed by atoms with E-state index in [2.05, 4.69) is 11.9 Å². The van der Waals surface area contributed by atoms with Crippen LogP contribution in [0.15, 0.2) is 43.0 Å². The van der Waals surface area contributed by atoms with Crippen LogP contribution in [0.4, 0.5) is 5.69 Å². The van der Waals surface area contributed by atoms with E-state index < -0.39 is 0 Å². The first-order valence-corrected chi connectivity index (χ1v) is 5.08. The second kappa shape index (κ2) is 5.75. The topological polar surface area (TPSA) is 55.1 Å². The third-order valence-electron chi connectivity index (χ3n) is 2.09. The van der Waals surface area contributed by atoms with Crippen molar-refractivity contribution in [2.75, 3.05) is 5.73 Å². The Bertz CT molecular complexity index is 393. The van der Waals surface area contributed by atoms with Crippen molar-refractivity contribution >= 4 is 17.7 Å². The second-order valence-corrected chi connectivity index (χ2v) is 3.53. The van der Waals surface area contributed by atoms with Crippen LogP contribution in [0.3, 0.4) is 0 Å². The Balaban J connectivity index is 2.56. The summed E-state index contributed by atoms with van der Waals surface area (Å²) in [6, 6.07) is 7.28. The van der Waals surface area contributed by atoms with Crippen molar-refractivity contribution in [3.8, 4) is 0 Å². The van der Waals surface area contributed by atoms with Gasteiger partial charge in [0.1, 0.15) is 0 Å². The first-order chi connectivity index (χ1) is 7.61. The fourth-order valence-corrected chi connectivity index (χ4v) is 1.11. The van der Waals surface area contributed by atoms with Gasteiger partial charge in [0.2, 0.25) is 5.91 Å². The van der Waals surface area contributed by atoms with Gasteiger partial charge in [-0.2, -0.15) is 0 Å².